The molecule has 0 aliphatic heterocycles. The van der Waals surface area contributed by atoms with Gasteiger partial charge in [-0.15, -0.1) is 6.42 Å². The Kier molecular flexibility index (Phi) is 4.59. The van der Waals surface area contributed by atoms with E-state index >= 15 is 0 Å². The van der Waals surface area contributed by atoms with Crippen LogP contribution in [0.1, 0.15) is 16.1 Å². The predicted molar refractivity (Wildman–Crippen MR) is 92.0 cm³/mol. The van der Waals surface area contributed by atoms with Crippen LogP contribution in [0.15, 0.2) is 64.1 Å². The molecule has 0 saturated heterocycles. The fraction of sp³-hybridized carbons (Fsp3) is 0.0526. The molecule has 0 atom stereocenters. The second kappa shape index (κ2) is 7.16. The van der Waals surface area contributed by atoms with Crippen LogP contribution >= 0.6 is 0 Å². The third-order valence-electron chi connectivity index (χ3n) is 3.23. The minimum Gasteiger partial charge on any atom is -0.481 e. The van der Waals surface area contributed by atoms with Gasteiger partial charge in [0.15, 0.2) is 5.76 Å². The van der Waals surface area contributed by atoms with Gasteiger partial charge in [-0.2, -0.15) is 5.10 Å². The fourth-order valence-electron chi connectivity index (χ4n) is 2.09. The standard InChI is InChI=1S/C19H14N2O3/c1-2-11-23-16-9-7-14(8-10-16)13-20-21-19(22)18-12-15-5-3-4-6-17(15)24-18/h1,3-10,12-13H,11H2,(H,21,22)/b20-13+. The van der Waals surface area contributed by atoms with Crippen LogP contribution in [-0.4, -0.2) is 18.7 Å². The smallest absolute Gasteiger partial charge is 0.307 e. The fourth-order valence-corrected chi connectivity index (χ4v) is 2.09. The number of benzene rings is 2. The summed E-state index contributed by atoms with van der Waals surface area (Å²) in [5.74, 6) is 2.88. The van der Waals surface area contributed by atoms with E-state index in [1.807, 2.05) is 30.3 Å². The lowest BCUT2D eigenvalue weighted by Crippen LogP contribution is -2.16. The van der Waals surface area contributed by atoms with Crippen molar-refractivity contribution < 1.29 is 13.9 Å². The first kappa shape index (κ1) is 15.4. The summed E-state index contributed by atoms with van der Waals surface area (Å²) in [4.78, 5) is 12.0. The highest BCUT2D eigenvalue weighted by Gasteiger charge is 2.10. The topological polar surface area (TPSA) is 63.8 Å². The first-order chi connectivity index (χ1) is 11.8. The molecule has 1 heterocycles. The van der Waals surface area contributed by atoms with E-state index in [-0.39, 0.29) is 12.4 Å². The number of carbonyl (C=O) groups excluding carboxylic acids is 1. The summed E-state index contributed by atoms with van der Waals surface area (Å²) in [5, 5.41) is 4.79. The van der Waals surface area contributed by atoms with Gasteiger partial charge >= 0.3 is 5.91 Å². The van der Waals surface area contributed by atoms with Gasteiger partial charge in [0.25, 0.3) is 0 Å². The maximum Gasteiger partial charge on any atom is 0.307 e. The summed E-state index contributed by atoms with van der Waals surface area (Å²) < 4.78 is 10.7. The van der Waals surface area contributed by atoms with Crippen LogP contribution in [-0.2, 0) is 0 Å². The molecule has 24 heavy (non-hydrogen) atoms. The molecule has 118 valence electrons. The highest BCUT2D eigenvalue weighted by molar-refractivity contribution is 5.96. The Bertz CT molecular complexity index is 885. The zero-order valence-electron chi connectivity index (χ0n) is 12.7. The summed E-state index contributed by atoms with van der Waals surface area (Å²) >= 11 is 0. The predicted octanol–water partition coefficient (Wildman–Crippen LogP) is 3.21. The molecule has 3 aromatic rings. The molecule has 0 unspecified atom stereocenters. The van der Waals surface area contributed by atoms with E-state index in [0.717, 1.165) is 10.9 Å². The van der Waals surface area contributed by atoms with Crippen LogP contribution in [0.2, 0.25) is 0 Å². The summed E-state index contributed by atoms with van der Waals surface area (Å²) in [5.41, 5.74) is 3.91. The van der Waals surface area contributed by atoms with Crippen LogP contribution in [0.3, 0.4) is 0 Å². The molecule has 1 amide bonds. The Balaban J connectivity index is 1.61. The van der Waals surface area contributed by atoms with E-state index in [1.165, 1.54) is 6.21 Å². The Morgan fingerprint density at radius 1 is 1.25 bits per heavy atom. The lowest BCUT2D eigenvalue weighted by atomic mass is 10.2. The molecule has 5 nitrogen and oxygen atoms in total. The monoisotopic (exact) mass is 318 g/mol. The molecule has 0 radical (unpaired) electrons. The van der Waals surface area contributed by atoms with E-state index in [2.05, 4.69) is 16.4 Å². The zero-order valence-corrected chi connectivity index (χ0v) is 12.7. The number of rotatable bonds is 5. The maximum absolute atomic E-state index is 12.0. The van der Waals surface area contributed by atoms with Crippen molar-refractivity contribution in [1.29, 1.82) is 0 Å². The van der Waals surface area contributed by atoms with Gasteiger partial charge in [0.2, 0.25) is 0 Å². The largest absolute Gasteiger partial charge is 0.481 e. The van der Waals surface area contributed by atoms with Crippen LogP contribution in [0.4, 0.5) is 0 Å². The van der Waals surface area contributed by atoms with Crippen LogP contribution in [0, 0.1) is 12.3 Å². The molecule has 0 saturated carbocycles. The van der Waals surface area contributed by atoms with Gasteiger partial charge < -0.3 is 9.15 Å². The summed E-state index contributed by atoms with van der Waals surface area (Å²) in [7, 11) is 0. The number of para-hydroxylation sites is 1. The number of terminal acetylenes is 1. The number of hydrazone groups is 1. The minimum absolute atomic E-state index is 0.214. The minimum atomic E-state index is -0.406. The molecule has 1 aromatic heterocycles. The van der Waals surface area contributed by atoms with Gasteiger partial charge in [0.1, 0.15) is 17.9 Å². The van der Waals surface area contributed by atoms with Crippen molar-refractivity contribution in [2.24, 2.45) is 5.10 Å². The molecular weight excluding hydrogens is 304 g/mol. The lowest BCUT2D eigenvalue weighted by Gasteiger charge is -2.01. The number of hydrogen-bond donors (Lipinski definition) is 1. The number of nitrogens with one attached hydrogen (secondary N) is 1. The number of amides is 1. The summed E-state index contributed by atoms with van der Waals surface area (Å²) in [6.45, 7) is 0.223. The molecule has 3 rings (SSSR count). The Labute approximate surface area is 138 Å². The van der Waals surface area contributed by atoms with Crippen molar-refractivity contribution >= 4 is 23.1 Å². The lowest BCUT2D eigenvalue weighted by molar-refractivity contribution is 0.0929. The van der Waals surface area contributed by atoms with E-state index < -0.39 is 5.91 Å². The van der Waals surface area contributed by atoms with Crippen molar-refractivity contribution in [3.05, 3.63) is 65.9 Å². The van der Waals surface area contributed by atoms with Crippen LogP contribution < -0.4 is 10.2 Å². The van der Waals surface area contributed by atoms with Crippen molar-refractivity contribution in [3.8, 4) is 18.1 Å². The van der Waals surface area contributed by atoms with Gasteiger partial charge in [0.05, 0.1) is 6.21 Å². The molecule has 0 bridgehead atoms. The Morgan fingerprint density at radius 3 is 2.79 bits per heavy atom. The number of fused-ring (bicyclic) bond motifs is 1. The van der Waals surface area contributed by atoms with Gasteiger partial charge in [-0.05, 0) is 42.0 Å². The first-order valence-corrected chi connectivity index (χ1v) is 7.24. The second-order valence-corrected chi connectivity index (χ2v) is 4.91. The Morgan fingerprint density at radius 2 is 2.04 bits per heavy atom. The highest BCUT2D eigenvalue weighted by Crippen LogP contribution is 2.18. The molecule has 0 spiro atoms. The second-order valence-electron chi connectivity index (χ2n) is 4.91. The van der Waals surface area contributed by atoms with Gasteiger partial charge in [-0.1, -0.05) is 24.1 Å². The third kappa shape index (κ3) is 3.62. The van der Waals surface area contributed by atoms with Crippen LogP contribution in [0.5, 0.6) is 5.75 Å². The highest BCUT2D eigenvalue weighted by atomic mass is 16.5. The van der Waals surface area contributed by atoms with E-state index in [0.29, 0.717) is 11.3 Å². The normalized spacial score (nSPS) is 10.6. The van der Waals surface area contributed by atoms with Crippen molar-refractivity contribution in [3.63, 3.8) is 0 Å². The maximum atomic E-state index is 12.0. The molecule has 5 heteroatoms. The number of hydrogen-bond acceptors (Lipinski definition) is 4. The molecule has 0 fully saturated rings. The summed E-state index contributed by atoms with van der Waals surface area (Å²) in [6, 6.07) is 16.3. The SMILES string of the molecule is C#CCOc1ccc(/C=N/NC(=O)c2cc3ccccc3o2)cc1. The van der Waals surface area contributed by atoms with Crippen molar-refractivity contribution in [2.45, 2.75) is 0 Å². The quantitative estimate of drug-likeness (QED) is 0.446. The van der Waals surface area contributed by atoms with Gasteiger partial charge in [0, 0.05) is 5.39 Å². The zero-order chi connectivity index (χ0) is 16.8. The van der Waals surface area contributed by atoms with Gasteiger partial charge in [-0.25, -0.2) is 5.43 Å². The van der Waals surface area contributed by atoms with E-state index in [1.54, 1.807) is 24.3 Å². The van der Waals surface area contributed by atoms with E-state index in [4.69, 9.17) is 15.6 Å². The first-order valence-electron chi connectivity index (χ1n) is 7.24. The average molecular weight is 318 g/mol. The molecule has 2 aromatic carbocycles. The molecule has 1 N–H and O–H groups in total. The van der Waals surface area contributed by atoms with Crippen LogP contribution in [0.25, 0.3) is 11.0 Å². The number of carbonyl (C=O) groups is 1. The number of ether oxygens (including phenoxy) is 1. The Hall–Kier alpha value is -3.52. The summed E-state index contributed by atoms with van der Waals surface area (Å²) in [6.07, 6.45) is 6.66. The number of furan rings is 1. The molecule has 0 aliphatic rings. The van der Waals surface area contributed by atoms with Crippen molar-refractivity contribution in [2.75, 3.05) is 6.61 Å². The van der Waals surface area contributed by atoms with Gasteiger partial charge in [-0.3, -0.25) is 4.79 Å². The van der Waals surface area contributed by atoms with E-state index in [9.17, 15) is 4.79 Å². The molecule has 0 aliphatic carbocycles. The van der Waals surface area contributed by atoms with Crippen molar-refractivity contribution in [1.82, 2.24) is 5.43 Å². The average Bonchev–Trinajstić information content (AvgIpc) is 3.05. The molecular formula is C19H14N2O3. The number of nitrogens with zero attached hydrogens (tertiary/aromatic N) is 1. The third-order valence-corrected chi connectivity index (χ3v) is 3.23.